The van der Waals surface area contributed by atoms with E-state index in [4.69, 9.17) is 15.9 Å². The van der Waals surface area contributed by atoms with Crippen LogP contribution in [0.15, 0.2) is 84.9 Å². The van der Waals surface area contributed by atoms with Gasteiger partial charge in [-0.1, -0.05) is 54.6 Å². The first kappa shape index (κ1) is 22.0. The SMILES string of the molecule is COc1ccccc1N1CCN(Cc2ccc(N)c(C(=N)c3ccc4ccccc4c3)c2)CC1. The molecule has 5 rings (SSSR count). The van der Waals surface area contributed by atoms with Crippen molar-refractivity contribution in [2.45, 2.75) is 6.54 Å². The molecule has 4 aromatic carbocycles. The molecule has 172 valence electrons. The number of piperazine rings is 1. The van der Waals surface area contributed by atoms with Gasteiger partial charge in [-0.15, -0.1) is 0 Å². The molecule has 0 aliphatic carbocycles. The maximum atomic E-state index is 8.85. The van der Waals surface area contributed by atoms with Gasteiger partial charge in [-0.05, 0) is 46.7 Å². The van der Waals surface area contributed by atoms with Gasteiger partial charge >= 0.3 is 0 Å². The lowest BCUT2D eigenvalue weighted by atomic mass is 9.96. The van der Waals surface area contributed by atoms with Crippen molar-refractivity contribution in [1.82, 2.24) is 4.90 Å². The van der Waals surface area contributed by atoms with Crippen LogP contribution in [0.3, 0.4) is 0 Å². The van der Waals surface area contributed by atoms with E-state index in [1.54, 1.807) is 7.11 Å². The molecule has 5 nitrogen and oxygen atoms in total. The van der Waals surface area contributed by atoms with Crippen LogP contribution in [0.5, 0.6) is 5.75 Å². The number of nitrogens with one attached hydrogen (secondary N) is 1. The molecular weight excluding hydrogens is 420 g/mol. The third-order valence-electron chi connectivity index (χ3n) is 6.63. The number of hydrogen-bond acceptors (Lipinski definition) is 5. The molecule has 0 unspecified atom stereocenters. The van der Waals surface area contributed by atoms with Crippen molar-refractivity contribution in [2.24, 2.45) is 0 Å². The van der Waals surface area contributed by atoms with Crippen molar-refractivity contribution in [3.8, 4) is 5.75 Å². The summed E-state index contributed by atoms with van der Waals surface area (Å²) in [4.78, 5) is 4.85. The topological polar surface area (TPSA) is 65.6 Å². The summed E-state index contributed by atoms with van der Waals surface area (Å²) in [5.74, 6) is 0.923. The Hall–Kier alpha value is -3.83. The molecule has 1 fully saturated rings. The van der Waals surface area contributed by atoms with Gasteiger partial charge in [-0.2, -0.15) is 0 Å². The zero-order chi connectivity index (χ0) is 23.5. The first-order valence-corrected chi connectivity index (χ1v) is 11.7. The van der Waals surface area contributed by atoms with Crippen LogP contribution in [-0.2, 0) is 6.54 Å². The minimum atomic E-state index is 0.464. The molecule has 34 heavy (non-hydrogen) atoms. The molecule has 5 heteroatoms. The Bertz CT molecular complexity index is 1320. The van der Waals surface area contributed by atoms with E-state index in [0.717, 1.165) is 60.7 Å². The van der Waals surface area contributed by atoms with Crippen molar-refractivity contribution in [3.05, 3.63) is 102 Å². The van der Waals surface area contributed by atoms with Gasteiger partial charge in [-0.3, -0.25) is 10.3 Å². The molecule has 4 aromatic rings. The minimum Gasteiger partial charge on any atom is -0.495 e. The lowest BCUT2D eigenvalue weighted by molar-refractivity contribution is 0.249. The van der Waals surface area contributed by atoms with Gasteiger partial charge in [0.05, 0.1) is 18.5 Å². The maximum Gasteiger partial charge on any atom is 0.142 e. The van der Waals surface area contributed by atoms with Crippen molar-refractivity contribution in [3.63, 3.8) is 0 Å². The van der Waals surface area contributed by atoms with E-state index in [2.05, 4.69) is 58.3 Å². The number of benzene rings is 4. The van der Waals surface area contributed by atoms with Crippen LogP contribution in [0.25, 0.3) is 10.8 Å². The molecule has 0 saturated carbocycles. The first-order chi connectivity index (χ1) is 16.6. The highest BCUT2D eigenvalue weighted by Crippen LogP contribution is 2.29. The summed E-state index contributed by atoms with van der Waals surface area (Å²) in [5, 5.41) is 11.2. The maximum absolute atomic E-state index is 8.85. The lowest BCUT2D eigenvalue weighted by Gasteiger charge is -2.36. The fourth-order valence-electron chi connectivity index (χ4n) is 4.71. The monoisotopic (exact) mass is 450 g/mol. The number of methoxy groups -OCH3 is 1. The van der Waals surface area contributed by atoms with Crippen LogP contribution in [0.1, 0.15) is 16.7 Å². The number of fused-ring (bicyclic) bond motifs is 1. The number of nitrogen functional groups attached to an aromatic ring is 1. The fraction of sp³-hybridized carbons (Fsp3) is 0.207. The second kappa shape index (κ2) is 9.57. The van der Waals surface area contributed by atoms with Crippen LogP contribution >= 0.6 is 0 Å². The predicted octanol–water partition coefficient (Wildman–Crippen LogP) is 5.17. The van der Waals surface area contributed by atoms with E-state index >= 15 is 0 Å². The van der Waals surface area contributed by atoms with Gasteiger partial charge in [0.1, 0.15) is 5.75 Å². The number of nitrogens with two attached hydrogens (primary N) is 1. The Balaban J connectivity index is 1.29. The highest BCUT2D eigenvalue weighted by atomic mass is 16.5. The molecule has 3 N–H and O–H groups in total. The van der Waals surface area contributed by atoms with Crippen LogP contribution in [0, 0.1) is 5.41 Å². The summed E-state index contributed by atoms with van der Waals surface area (Å²) >= 11 is 0. The van der Waals surface area contributed by atoms with E-state index in [-0.39, 0.29) is 0 Å². The summed E-state index contributed by atoms with van der Waals surface area (Å²) in [6.45, 7) is 4.70. The van der Waals surface area contributed by atoms with Gasteiger partial charge in [-0.25, -0.2) is 0 Å². The Morgan fingerprint density at radius 3 is 2.38 bits per heavy atom. The van der Waals surface area contributed by atoms with Crippen molar-refractivity contribution >= 4 is 27.9 Å². The standard InChI is InChI=1S/C29H30N4O/c1-34-28-9-5-4-8-27(28)33-16-14-32(15-17-33)20-21-10-13-26(30)25(18-21)29(31)24-12-11-22-6-2-3-7-23(22)19-24/h2-13,18-19,31H,14-17,20,30H2,1H3. The molecule has 0 bridgehead atoms. The number of hydrogen-bond donors (Lipinski definition) is 2. The Morgan fingerprint density at radius 1 is 0.853 bits per heavy atom. The Kier molecular flexibility index (Phi) is 6.19. The van der Waals surface area contributed by atoms with Gasteiger partial charge in [0.25, 0.3) is 0 Å². The second-order valence-electron chi connectivity index (χ2n) is 8.79. The van der Waals surface area contributed by atoms with Gasteiger partial charge in [0.2, 0.25) is 0 Å². The average Bonchev–Trinajstić information content (AvgIpc) is 2.89. The zero-order valence-electron chi connectivity index (χ0n) is 19.5. The lowest BCUT2D eigenvalue weighted by Crippen LogP contribution is -2.46. The fourth-order valence-corrected chi connectivity index (χ4v) is 4.71. The third-order valence-corrected chi connectivity index (χ3v) is 6.63. The largest absolute Gasteiger partial charge is 0.495 e. The van der Waals surface area contributed by atoms with Gasteiger partial charge < -0.3 is 15.4 Å². The molecule has 0 spiro atoms. The van der Waals surface area contributed by atoms with Crippen LogP contribution in [0.2, 0.25) is 0 Å². The predicted molar refractivity (Wildman–Crippen MR) is 141 cm³/mol. The minimum absolute atomic E-state index is 0.464. The highest BCUT2D eigenvalue weighted by Gasteiger charge is 2.20. The smallest absolute Gasteiger partial charge is 0.142 e. The second-order valence-corrected chi connectivity index (χ2v) is 8.79. The number of nitrogens with zero attached hydrogens (tertiary/aromatic N) is 2. The molecule has 1 aliphatic heterocycles. The van der Waals surface area contributed by atoms with Crippen molar-refractivity contribution in [2.75, 3.05) is 43.9 Å². The summed E-state index contributed by atoms with van der Waals surface area (Å²) in [6, 6.07) is 28.7. The number of anilines is 2. The molecule has 0 radical (unpaired) electrons. The van der Waals surface area contributed by atoms with E-state index in [1.807, 2.05) is 36.4 Å². The Morgan fingerprint density at radius 2 is 1.59 bits per heavy atom. The van der Waals surface area contributed by atoms with Gasteiger partial charge in [0.15, 0.2) is 0 Å². The summed E-state index contributed by atoms with van der Waals surface area (Å²) in [7, 11) is 1.73. The quantitative estimate of drug-likeness (QED) is 0.314. The summed E-state index contributed by atoms with van der Waals surface area (Å²) < 4.78 is 5.54. The van der Waals surface area contributed by atoms with Crippen molar-refractivity contribution < 1.29 is 4.74 Å². The number of ether oxygens (including phenoxy) is 1. The number of rotatable bonds is 6. The van der Waals surface area contributed by atoms with E-state index in [0.29, 0.717) is 11.4 Å². The normalized spacial score (nSPS) is 14.3. The molecule has 0 aromatic heterocycles. The average molecular weight is 451 g/mol. The molecule has 0 atom stereocenters. The van der Waals surface area contributed by atoms with Crippen LogP contribution in [-0.4, -0.2) is 43.9 Å². The number of para-hydroxylation sites is 2. The van der Waals surface area contributed by atoms with E-state index in [1.165, 1.54) is 10.9 Å². The molecule has 1 heterocycles. The molecule has 1 aliphatic rings. The first-order valence-electron chi connectivity index (χ1n) is 11.7. The molecule has 1 saturated heterocycles. The van der Waals surface area contributed by atoms with Crippen molar-refractivity contribution in [1.29, 1.82) is 5.41 Å². The third kappa shape index (κ3) is 4.47. The highest BCUT2D eigenvalue weighted by molar-refractivity contribution is 6.15. The van der Waals surface area contributed by atoms with E-state index in [9.17, 15) is 0 Å². The molecule has 0 amide bonds. The summed E-state index contributed by atoms with van der Waals surface area (Å²) in [5.41, 5.74) is 11.4. The zero-order valence-corrected chi connectivity index (χ0v) is 19.5. The molecular formula is C29H30N4O. The van der Waals surface area contributed by atoms with E-state index < -0.39 is 0 Å². The van der Waals surface area contributed by atoms with Crippen LogP contribution < -0.4 is 15.4 Å². The summed E-state index contributed by atoms with van der Waals surface area (Å²) in [6.07, 6.45) is 0. The van der Waals surface area contributed by atoms with Gasteiger partial charge in [0, 0.05) is 49.5 Å². The van der Waals surface area contributed by atoms with Crippen LogP contribution in [0.4, 0.5) is 11.4 Å². The Labute approximate surface area is 200 Å².